The highest BCUT2D eigenvalue weighted by Crippen LogP contribution is 2.21. The van der Waals surface area contributed by atoms with Crippen LogP contribution in [0.4, 0.5) is 5.69 Å². The fraction of sp³-hybridized carbons (Fsp3) is 0.364. The fourth-order valence-electron chi connectivity index (χ4n) is 1.31. The molecular weight excluding hydrogens is 198 g/mol. The molecule has 0 spiro atoms. The summed E-state index contributed by atoms with van der Waals surface area (Å²) in [6.07, 6.45) is 1.86. The van der Waals surface area contributed by atoms with Crippen molar-refractivity contribution in [2.75, 3.05) is 18.5 Å². The van der Waals surface area contributed by atoms with Gasteiger partial charge in [-0.1, -0.05) is 18.5 Å². The lowest BCUT2D eigenvalue weighted by Crippen LogP contribution is -2.17. The van der Waals surface area contributed by atoms with E-state index in [0.29, 0.717) is 10.6 Å². The molecular formula is C11H14ClNO. The Bertz CT molecular complexity index is 325. The standard InChI is InChI=1S/C11H14ClNO/c1-3-6-13(2)10-5-4-9(8-14)11(12)7-10/h4-5,7-8H,3,6H2,1-2H3. The van der Waals surface area contributed by atoms with Crippen LogP contribution in [0.5, 0.6) is 0 Å². The van der Waals surface area contributed by atoms with Crippen molar-refractivity contribution in [3.63, 3.8) is 0 Å². The summed E-state index contributed by atoms with van der Waals surface area (Å²) in [5, 5.41) is 0.514. The molecule has 0 aliphatic heterocycles. The van der Waals surface area contributed by atoms with Gasteiger partial charge in [-0.25, -0.2) is 0 Å². The summed E-state index contributed by atoms with van der Waals surface area (Å²) in [5.74, 6) is 0. The summed E-state index contributed by atoms with van der Waals surface area (Å²) in [6, 6.07) is 5.48. The zero-order valence-corrected chi connectivity index (χ0v) is 9.21. The van der Waals surface area contributed by atoms with Crippen LogP contribution >= 0.6 is 11.6 Å². The van der Waals surface area contributed by atoms with Gasteiger partial charge in [-0.2, -0.15) is 0 Å². The number of hydrogen-bond acceptors (Lipinski definition) is 2. The molecule has 0 saturated carbocycles. The topological polar surface area (TPSA) is 20.3 Å². The third kappa shape index (κ3) is 2.48. The van der Waals surface area contributed by atoms with E-state index in [1.807, 2.05) is 19.2 Å². The van der Waals surface area contributed by atoms with Gasteiger partial charge in [0.2, 0.25) is 0 Å². The lowest BCUT2D eigenvalue weighted by atomic mass is 10.2. The quantitative estimate of drug-likeness (QED) is 0.714. The molecule has 1 rings (SSSR count). The SMILES string of the molecule is CCCN(C)c1ccc(C=O)c(Cl)c1. The van der Waals surface area contributed by atoms with Crippen molar-refractivity contribution < 1.29 is 4.79 Å². The van der Waals surface area contributed by atoms with Crippen LogP contribution in [-0.4, -0.2) is 19.9 Å². The van der Waals surface area contributed by atoms with Crippen LogP contribution in [0.3, 0.4) is 0 Å². The van der Waals surface area contributed by atoms with Crippen LogP contribution in [0.1, 0.15) is 23.7 Å². The number of anilines is 1. The van der Waals surface area contributed by atoms with Crippen LogP contribution in [0.2, 0.25) is 5.02 Å². The summed E-state index contributed by atoms with van der Waals surface area (Å²) in [5.41, 5.74) is 1.59. The maximum absolute atomic E-state index is 10.5. The van der Waals surface area contributed by atoms with Gasteiger partial charge in [-0.15, -0.1) is 0 Å². The number of halogens is 1. The molecule has 0 atom stereocenters. The summed E-state index contributed by atoms with van der Waals surface area (Å²) in [4.78, 5) is 12.6. The molecule has 0 saturated heterocycles. The number of nitrogens with zero attached hydrogens (tertiary/aromatic N) is 1. The molecule has 0 aromatic heterocycles. The van der Waals surface area contributed by atoms with E-state index in [9.17, 15) is 4.79 Å². The second-order valence-electron chi connectivity index (χ2n) is 3.25. The van der Waals surface area contributed by atoms with Crippen LogP contribution < -0.4 is 4.90 Å². The minimum absolute atomic E-state index is 0.514. The Kier molecular flexibility index (Phi) is 3.96. The zero-order chi connectivity index (χ0) is 10.6. The van der Waals surface area contributed by atoms with E-state index in [1.54, 1.807) is 6.07 Å². The molecule has 0 radical (unpaired) electrons. The minimum atomic E-state index is 0.514. The van der Waals surface area contributed by atoms with E-state index in [4.69, 9.17) is 11.6 Å². The van der Waals surface area contributed by atoms with Gasteiger partial charge in [0.05, 0.1) is 5.02 Å². The molecule has 2 nitrogen and oxygen atoms in total. The van der Waals surface area contributed by atoms with Gasteiger partial charge in [0, 0.05) is 24.8 Å². The van der Waals surface area contributed by atoms with E-state index in [2.05, 4.69) is 11.8 Å². The Balaban J connectivity index is 2.90. The molecule has 3 heteroatoms. The van der Waals surface area contributed by atoms with Crippen molar-refractivity contribution in [3.8, 4) is 0 Å². The van der Waals surface area contributed by atoms with Crippen LogP contribution in [0, 0.1) is 0 Å². The monoisotopic (exact) mass is 211 g/mol. The molecule has 14 heavy (non-hydrogen) atoms. The first-order valence-electron chi connectivity index (χ1n) is 4.65. The first-order valence-corrected chi connectivity index (χ1v) is 5.02. The van der Waals surface area contributed by atoms with Gasteiger partial charge in [-0.3, -0.25) is 4.79 Å². The Morgan fingerprint density at radius 1 is 1.50 bits per heavy atom. The maximum atomic E-state index is 10.5. The smallest absolute Gasteiger partial charge is 0.151 e. The molecule has 0 amide bonds. The second kappa shape index (κ2) is 5.01. The van der Waals surface area contributed by atoms with Crippen molar-refractivity contribution in [2.45, 2.75) is 13.3 Å². The van der Waals surface area contributed by atoms with Crippen molar-refractivity contribution in [2.24, 2.45) is 0 Å². The Morgan fingerprint density at radius 3 is 2.71 bits per heavy atom. The Morgan fingerprint density at radius 2 is 2.21 bits per heavy atom. The molecule has 0 aliphatic rings. The summed E-state index contributed by atoms with van der Waals surface area (Å²) < 4.78 is 0. The highest BCUT2D eigenvalue weighted by Gasteiger charge is 2.03. The largest absolute Gasteiger partial charge is 0.375 e. The Hall–Kier alpha value is -1.02. The van der Waals surface area contributed by atoms with Crippen LogP contribution in [0.25, 0.3) is 0 Å². The summed E-state index contributed by atoms with van der Waals surface area (Å²) >= 11 is 5.92. The number of aldehydes is 1. The number of benzene rings is 1. The second-order valence-corrected chi connectivity index (χ2v) is 3.65. The van der Waals surface area contributed by atoms with E-state index in [1.165, 1.54) is 0 Å². The van der Waals surface area contributed by atoms with Gasteiger partial charge in [0.15, 0.2) is 6.29 Å². The first-order chi connectivity index (χ1) is 6.69. The molecule has 1 aromatic rings. The van der Waals surface area contributed by atoms with Gasteiger partial charge in [0.25, 0.3) is 0 Å². The summed E-state index contributed by atoms with van der Waals surface area (Å²) in [7, 11) is 2.01. The lowest BCUT2D eigenvalue weighted by molar-refractivity contribution is 0.112. The molecule has 1 aromatic carbocycles. The number of carbonyl (C=O) groups is 1. The number of hydrogen-bond donors (Lipinski definition) is 0. The maximum Gasteiger partial charge on any atom is 0.151 e. The normalized spacial score (nSPS) is 9.93. The number of carbonyl (C=O) groups excluding carboxylic acids is 1. The minimum Gasteiger partial charge on any atom is -0.375 e. The molecule has 0 N–H and O–H groups in total. The van der Waals surface area contributed by atoms with E-state index < -0.39 is 0 Å². The molecule has 0 bridgehead atoms. The average molecular weight is 212 g/mol. The molecule has 0 fully saturated rings. The molecule has 0 aliphatic carbocycles. The molecule has 0 unspecified atom stereocenters. The van der Waals surface area contributed by atoms with Crippen LogP contribution in [0.15, 0.2) is 18.2 Å². The van der Waals surface area contributed by atoms with Crippen LogP contribution in [-0.2, 0) is 0 Å². The predicted molar refractivity (Wildman–Crippen MR) is 60.4 cm³/mol. The first kappa shape index (κ1) is 11.1. The predicted octanol–water partition coefficient (Wildman–Crippen LogP) is 3.00. The molecule has 76 valence electrons. The highest BCUT2D eigenvalue weighted by molar-refractivity contribution is 6.33. The third-order valence-corrected chi connectivity index (χ3v) is 2.44. The van der Waals surface area contributed by atoms with E-state index in [-0.39, 0.29) is 0 Å². The van der Waals surface area contributed by atoms with Gasteiger partial charge in [-0.05, 0) is 24.6 Å². The van der Waals surface area contributed by atoms with Gasteiger partial charge >= 0.3 is 0 Å². The number of rotatable bonds is 4. The third-order valence-electron chi connectivity index (χ3n) is 2.11. The van der Waals surface area contributed by atoms with Crippen molar-refractivity contribution in [1.29, 1.82) is 0 Å². The summed E-state index contributed by atoms with van der Waals surface area (Å²) in [6.45, 7) is 3.11. The highest BCUT2D eigenvalue weighted by atomic mass is 35.5. The lowest BCUT2D eigenvalue weighted by Gasteiger charge is -2.18. The average Bonchev–Trinajstić information content (AvgIpc) is 2.18. The van der Waals surface area contributed by atoms with Gasteiger partial charge in [0.1, 0.15) is 0 Å². The van der Waals surface area contributed by atoms with E-state index >= 15 is 0 Å². The van der Waals surface area contributed by atoms with Crippen molar-refractivity contribution >= 4 is 23.6 Å². The van der Waals surface area contributed by atoms with Crippen molar-refractivity contribution in [1.82, 2.24) is 0 Å². The van der Waals surface area contributed by atoms with Gasteiger partial charge < -0.3 is 4.90 Å². The Labute approximate surface area is 89.5 Å². The fourth-order valence-corrected chi connectivity index (χ4v) is 1.53. The molecule has 0 heterocycles. The van der Waals surface area contributed by atoms with E-state index in [0.717, 1.165) is 24.9 Å². The zero-order valence-electron chi connectivity index (χ0n) is 8.46. The van der Waals surface area contributed by atoms with Crippen molar-refractivity contribution in [3.05, 3.63) is 28.8 Å².